The number of rotatable bonds is 5. The van der Waals surface area contributed by atoms with E-state index in [-0.39, 0.29) is 11.1 Å². The Labute approximate surface area is 150 Å². The highest BCUT2D eigenvalue weighted by atomic mass is 32.2. The summed E-state index contributed by atoms with van der Waals surface area (Å²) >= 11 is 2.90. The van der Waals surface area contributed by atoms with Crippen molar-refractivity contribution >= 4 is 23.1 Å². The molecular formula is C16H12FN5OS2. The molecule has 0 bridgehead atoms. The molecule has 0 spiro atoms. The number of H-pyrrole nitrogens is 1. The first-order valence-electron chi connectivity index (χ1n) is 7.42. The van der Waals surface area contributed by atoms with Gasteiger partial charge in [-0.2, -0.15) is 0 Å². The van der Waals surface area contributed by atoms with Crippen molar-refractivity contribution in [2.75, 3.05) is 0 Å². The smallest absolute Gasteiger partial charge is 0.257 e. The van der Waals surface area contributed by atoms with Gasteiger partial charge in [-0.25, -0.2) is 9.37 Å². The number of nitrogens with zero attached hydrogens (tertiary/aromatic N) is 4. The molecule has 1 unspecified atom stereocenters. The fraction of sp³-hybridized carbons (Fsp3) is 0.125. The van der Waals surface area contributed by atoms with E-state index in [4.69, 9.17) is 4.42 Å². The van der Waals surface area contributed by atoms with Gasteiger partial charge in [0.1, 0.15) is 5.82 Å². The summed E-state index contributed by atoms with van der Waals surface area (Å²) in [6.45, 7) is 1.93. The van der Waals surface area contributed by atoms with Gasteiger partial charge in [-0.15, -0.1) is 26.6 Å². The lowest BCUT2D eigenvalue weighted by Gasteiger charge is -2.01. The number of aromatic nitrogens is 5. The number of benzene rings is 1. The molecule has 9 heteroatoms. The summed E-state index contributed by atoms with van der Waals surface area (Å²) < 4.78 is 19.5. The predicted octanol–water partition coefficient (Wildman–Crippen LogP) is 4.58. The maximum atomic E-state index is 13.8. The lowest BCUT2D eigenvalue weighted by molar-refractivity contribution is 0.510. The van der Waals surface area contributed by atoms with Gasteiger partial charge in [0.25, 0.3) is 5.89 Å². The summed E-state index contributed by atoms with van der Waals surface area (Å²) in [6, 6.07) is 10.3. The first kappa shape index (κ1) is 16.0. The molecule has 4 aromatic rings. The molecule has 0 saturated heterocycles. The molecule has 1 N–H and O–H groups in total. The van der Waals surface area contributed by atoms with Crippen LogP contribution in [0, 0.1) is 5.82 Å². The average molecular weight is 373 g/mol. The number of thioether (sulfide) groups is 1. The number of halogens is 1. The van der Waals surface area contributed by atoms with Crippen molar-refractivity contribution in [3.05, 3.63) is 53.5 Å². The quantitative estimate of drug-likeness (QED) is 0.516. The van der Waals surface area contributed by atoms with Crippen molar-refractivity contribution in [2.45, 2.75) is 17.3 Å². The average Bonchev–Trinajstić information content (AvgIpc) is 3.36. The van der Waals surface area contributed by atoms with Crippen LogP contribution < -0.4 is 0 Å². The highest BCUT2D eigenvalue weighted by molar-refractivity contribution is 7.99. The van der Waals surface area contributed by atoms with E-state index in [9.17, 15) is 4.39 Å². The zero-order valence-corrected chi connectivity index (χ0v) is 14.6. The zero-order valence-electron chi connectivity index (χ0n) is 13.0. The Morgan fingerprint density at radius 3 is 2.88 bits per heavy atom. The second-order valence-corrected chi connectivity index (χ2v) is 7.38. The van der Waals surface area contributed by atoms with Gasteiger partial charge in [0, 0.05) is 0 Å². The molecule has 0 amide bonds. The maximum absolute atomic E-state index is 13.8. The predicted molar refractivity (Wildman–Crippen MR) is 93.7 cm³/mol. The third-order valence-electron chi connectivity index (χ3n) is 3.40. The van der Waals surface area contributed by atoms with E-state index >= 15 is 0 Å². The normalized spacial score (nSPS) is 12.4. The Morgan fingerprint density at radius 1 is 1.20 bits per heavy atom. The number of hydrogen-bond donors (Lipinski definition) is 1. The molecule has 0 saturated carbocycles. The first-order chi connectivity index (χ1) is 12.2. The van der Waals surface area contributed by atoms with Crippen LogP contribution in [-0.4, -0.2) is 25.4 Å². The molecule has 1 aromatic carbocycles. The van der Waals surface area contributed by atoms with Crippen molar-refractivity contribution < 1.29 is 8.81 Å². The molecular weight excluding hydrogens is 361 g/mol. The molecule has 0 aliphatic heterocycles. The molecule has 3 heterocycles. The summed E-state index contributed by atoms with van der Waals surface area (Å²) in [5, 5.41) is 17.4. The van der Waals surface area contributed by atoms with Crippen LogP contribution in [0.5, 0.6) is 0 Å². The van der Waals surface area contributed by atoms with Gasteiger partial charge >= 0.3 is 0 Å². The third-order valence-corrected chi connectivity index (χ3v) is 5.20. The standard InChI is InChI=1S/C16H12FN5OS2/c1-9(14-20-21-15(23-14)12-7-4-8-24-12)25-16-18-13(19-22-16)10-5-2-3-6-11(10)17/h2-9H,1H3,(H,18,19,22). The summed E-state index contributed by atoms with van der Waals surface area (Å²) in [6.07, 6.45) is 0. The highest BCUT2D eigenvalue weighted by Gasteiger charge is 2.19. The Balaban J connectivity index is 1.50. The largest absolute Gasteiger partial charge is 0.419 e. The van der Waals surface area contributed by atoms with Crippen molar-refractivity contribution in [3.63, 3.8) is 0 Å². The Kier molecular flexibility index (Phi) is 4.33. The molecule has 0 radical (unpaired) electrons. The summed E-state index contributed by atoms with van der Waals surface area (Å²) in [4.78, 5) is 5.26. The van der Waals surface area contributed by atoms with Crippen LogP contribution in [0.3, 0.4) is 0 Å². The highest BCUT2D eigenvalue weighted by Crippen LogP contribution is 2.34. The van der Waals surface area contributed by atoms with E-state index in [2.05, 4.69) is 25.4 Å². The second kappa shape index (κ2) is 6.77. The molecule has 0 aliphatic carbocycles. The van der Waals surface area contributed by atoms with Crippen LogP contribution in [0.4, 0.5) is 4.39 Å². The Hall–Kier alpha value is -2.52. The third kappa shape index (κ3) is 3.33. The fourth-order valence-corrected chi connectivity index (χ4v) is 3.58. The monoisotopic (exact) mass is 373 g/mol. The summed E-state index contributed by atoms with van der Waals surface area (Å²) in [5.41, 5.74) is 0.382. The van der Waals surface area contributed by atoms with Gasteiger partial charge in [-0.3, -0.25) is 5.10 Å². The number of aromatic amines is 1. The minimum atomic E-state index is -0.347. The van der Waals surface area contributed by atoms with Gasteiger partial charge in [-0.05, 0) is 30.5 Å². The van der Waals surface area contributed by atoms with Crippen LogP contribution in [0.2, 0.25) is 0 Å². The minimum Gasteiger partial charge on any atom is -0.419 e. The van der Waals surface area contributed by atoms with E-state index in [1.54, 1.807) is 18.2 Å². The van der Waals surface area contributed by atoms with E-state index in [0.29, 0.717) is 28.3 Å². The first-order valence-corrected chi connectivity index (χ1v) is 9.18. The van der Waals surface area contributed by atoms with Crippen LogP contribution in [-0.2, 0) is 0 Å². The summed E-state index contributed by atoms with van der Waals surface area (Å²) in [5.74, 6) is 1.03. The topological polar surface area (TPSA) is 80.5 Å². The molecule has 0 aliphatic rings. The van der Waals surface area contributed by atoms with E-state index in [1.165, 1.54) is 29.2 Å². The van der Waals surface area contributed by atoms with E-state index in [0.717, 1.165) is 4.88 Å². The van der Waals surface area contributed by atoms with Gasteiger partial charge in [-0.1, -0.05) is 30.0 Å². The minimum absolute atomic E-state index is 0.134. The van der Waals surface area contributed by atoms with Crippen molar-refractivity contribution in [2.24, 2.45) is 0 Å². The number of thiophene rings is 1. The molecule has 4 rings (SSSR count). The SMILES string of the molecule is CC(Sc1n[nH]c(-c2ccccc2F)n1)c1nnc(-c2cccs2)o1. The van der Waals surface area contributed by atoms with Crippen LogP contribution in [0.15, 0.2) is 51.4 Å². The number of hydrogen-bond acceptors (Lipinski definition) is 7. The zero-order chi connectivity index (χ0) is 17.2. The van der Waals surface area contributed by atoms with Gasteiger partial charge in [0.15, 0.2) is 5.82 Å². The lowest BCUT2D eigenvalue weighted by Crippen LogP contribution is -1.90. The van der Waals surface area contributed by atoms with Gasteiger partial charge in [0.05, 0.1) is 15.7 Å². The van der Waals surface area contributed by atoms with E-state index in [1.807, 2.05) is 24.4 Å². The molecule has 3 aromatic heterocycles. The lowest BCUT2D eigenvalue weighted by atomic mass is 10.2. The van der Waals surface area contributed by atoms with Crippen LogP contribution >= 0.6 is 23.1 Å². The molecule has 126 valence electrons. The second-order valence-electron chi connectivity index (χ2n) is 5.13. The summed E-state index contributed by atoms with van der Waals surface area (Å²) in [7, 11) is 0. The van der Waals surface area contributed by atoms with Crippen LogP contribution in [0.1, 0.15) is 18.1 Å². The van der Waals surface area contributed by atoms with Crippen LogP contribution in [0.25, 0.3) is 22.2 Å². The maximum Gasteiger partial charge on any atom is 0.257 e. The Bertz CT molecular complexity index is 982. The Morgan fingerprint density at radius 2 is 2.08 bits per heavy atom. The molecule has 1 atom stereocenters. The molecule has 0 fully saturated rings. The number of nitrogens with one attached hydrogen (secondary N) is 1. The van der Waals surface area contributed by atoms with Gasteiger partial charge in [0.2, 0.25) is 11.0 Å². The molecule has 6 nitrogen and oxygen atoms in total. The molecule has 25 heavy (non-hydrogen) atoms. The van der Waals surface area contributed by atoms with Crippen molar-refractivity contribution in [1.29, 1.82) is 0 Å². The fourth-order valence-electron chi connectivity index (χ4n) is 2.18. The van der Waals surface area contributed by atoms with Crippen molar-refractivity contribution in [1.82, 2.24) is 25.4 Å². The van der Waals surface area contributed by atoms with E-state index < -0.39 is 0 Å². The van der Waals surface area contributed by atoms with Crippen molar-refractivity contribution in [3.8, 4) is 22.2 Å². The van der Waals surface area contributed by atoms with Gasteiger partial charge < -0.3 is 4.42 Å².